The summed E-state index contributed by atoms with van der Waals surface area (Å²) in [4.78, 5) is 25.1. The molecule has 3 rings (SSSR count). The van der Waals surface area contributed by atoms with Gasteiger partial charge in [-0.2, -0.15) is 0 Å². The molecular formula is C19H20N2O5S. The number of nitrogens with one attached hydrogen (secondary N) is 2. The van der Waals surface area contributed by atoms with Crippen LogP contribution in [0, 0.1) is 6.92 Å². The Balaban J connectivity index is 1.77. The summed E-state index contributed by atoms with van der Waals surface area (Å²) in [5.41, 5.74) is 1.40. The summed E-state index contributed by atoms with van der Waals surface area (Å²) in [6.45, 7) is 1.91. The molecule has 1 saturated heterocycles. The lowest BCUT2D eigenvalue weighted by molar-refractivity contribution is -0.118. The maximum atomic E-state index is 12.6. The Morgan fingerprint density at radius 2 is 1.93 bits per heavy atom. The highest BCUT2D eigenvalue weighted by molar-refractivity contribution is 7.91. The van der Waals surface area contributed by atoms with E-state index in [1.165, 1.54) is 12.3 Å². The molecule has 1 fully saturated rings. The molecule has 1 aliphatic rings. The van der Waals surface area contributed by atoms with Crippen molar-refractivity contribution in [1.82, 2.24) is 10.6 Å². The molecule has 1 aliphatic heterocycles. The van der Waals surface area contributed by atoms with Crippen LogP contribution in [0.3, 0.4) is 0 Å². The van der Waals surface area contributed by atoms with Gasteiger partial charge in [0.05, 0.1) is 17.8 Å². The molecule has 0 bridgehead atoms. The molecule has 2 heterocycles. The second kappa shape index (κ2) is 7.79. The lowest BCUT2D eigenvalue weighted by Crippen LogP contribution is -2.41. The molecule has 2 amide bonds. The van der Waals surface area contributed by atoms with Gasteiger partial charge in [0, 0.05) is 17.7 Å². The number of hydrogen-bond acceptors (Lipinski definition) is 5. The van der Waals surface area contributed by atoms with E-state index in [2.05, 4.69) is 10.6 Å². The van der Waals surface area contributed by atoms with E-state index in [0.29, 0.717) is 17.7 Å². The van der Waals surface area contributed by atoms with E-state index in [4.69, 9.17) is 4.42 Å². The van der Waals surface area contributed by atoms with Gasteiger partial charge in [0.25, 0.3) is 11.8 Å². The molecule has 0 aliphatic carbocycles. The number of carbonyl (C=O) groups excluding carboxylic acids is 2. The van der Waals surface area contributed by atoms with Gasteiger partial charge in [0.15, 0.2) is 9.84 Å². The number of hydrogen-bond donors (Lipinski definition) is 2. The quantitative estimate of drug-likeness (QED) is 0.758. The molecule has 0 radical (unpaired) electrons. The summed E-state index contributed by atoms with van der Waals surface area (Å²) >= 11 is 0. The molecule has 1 aromatic carbocycles. The number of carbonyl (C=O) groups is 2. The summed E-state index contributed by atoms with van der Waals surface area (Å²) in [5, 5.41) is 5.26. The number of amides is 2. The largest absolute Gasteiger partial charge is 0.465 e. The molecule has 0 saturated carbocycles. The van der Waals surface area contributed by atoms with Crippen LogP contribution < -0.4 is 10.6 Å². The third-order valence-electron chi connectivity index (χ3n) is 4.20. The maximum Gasteiger partial charge on any atom is 0.268 e. The first-order valence-electron chi connectivity index (χ1n) is 8.47. The normalized spacial score (nSPS) is 18.9. The average molecular weight is 388 g/mol. The summed E-state index contributed by atoms with van der Waals surface area (Å²) in [6.07, 6.45) is 3.21. The Hall–Kier alpha value is -2.87. The molecule has 0 spiro atoms. The molecule has 7 nitrogen and oxygen atoms in total. The average Bonchev–Trinajstić information content (AvgIpc) is 3.24. The number of rotatable bonds is 5. The molecule has 27 heavy (non-hydrogen) atoms. The molecular weight excluding hydrogens is 368 g/mol. The Bertz CT molecular complexity index is 960. The Morgan fingerprint density at radius 1 is 1.19 bits per heavy atom. The topological polar surface area (TPSA) is 105 Å². The molecule has 2 aromatic rings. The van der Waals surface area contributed by atoms with Crippen LogP contribution in [0.1, 0.15) is 28.1 Å². The van der Waals surface area contributed by atoms with Gasteiger partial charge < -0.3 is 15.1 Å². The first-order valence-corrected chi connectivity index (χ1v) is 10.3. The Morgan fingerprint density at radius 3 is 2.52 bits per heavy atom. The molecule has 0 unspecified atom stereocenters. The number of aryl methyl sites for hydroxylation is 1. The highest BCUT2D eigenvalue weighted by Crippen LogP contribution is 2.13. The predicted octanol–water partition coefficient (Wildman–Crippen LogP) is 1.66. The fourth-order valence-electron chi connectivity index (χ4n) is 2.75. The SMILES string of the molecule is Cc1ccc(C(=O)N/C(=C\c2ccco2)C(=O)N[C@H]2CCS(=O)(=O)C2)cc1. The van der Waals surface area contributed by atoms with Crippen molar-refractivity contribution in [3.63, 3.8) is 0 Å². The standard InChI is InChI=1S/C19H20N2O5S/c1-13-4-6-14(7-5-13)18(22)21-17(11-16-3-2-9-26-16)19(23)20-15-8-10-27(24,25)12-15/h2-7,9,11,15H,8,10,12H2,1H3,(H,20,23)(H,21,22)/b17-11-/t15-/m0/s1. The summed E-state index contributed by atoms with van der Waals surface area (Å²) in [5.74, 6) is -0.664. The highest BCUT2D eigenvalue weighted by Gasteiger charge is 2.30. The first kappa shape index (κ1) is 18.9. The Kier molecular flexibility index (Phi) is 5.46. The lowest BCUT2D eigenvalue weighted by atomic mass is 10.1. The van der Waals surface area contributed by atoms with Crippen LogP contribution in [0.25, 0.3) is 6.08 Å². The van der Waals surface area contributed by atoms with E-state index in [1.54, 1.807) is 36.4 Å². The minimum atomic E-state index is -3.13. The fourth-order valence-corrected chi connectivity index (χ4v) is 4.42. The van der Waals surface area contributed by atoms with Crippen LogP contribution in [0.2, 0.25) is 0 Å². The zero-order valence-corrected chi connectivity index (χ0v) is 15.6. The second-order valence-electron chi connectivity index (χ2n) is 6.47. The minimum Gasteiger partial charge on any atom is -0.465 e. The highest BCUT2D eigenvalue weighted by atomic mass is 32.2. The molecule has 2 N–H and O–H groups in total. The molecule has 1 aromatic heterocycles. The van der Waals surface area contributed by atoms with Crippen molar-refractivity contribution in [2.75, 3.05) is 11.5 Å². The van der Waals surface area contributed by atoms with Crippen LogP contribution in [0.5, 0.6) is 0 Å². The van der Waals surface area contributed by atoms with Crippen LogP contribution in [0.15, 0.2) is 52.8 Å². The van der Waals surface area contributed by atoms with Crippen molar-refractivity contribution >= 4 is 27.7 Å². The van der Waals surface area contributed by atoms with E-state index < -0.39 is 27.7 Å². The van der Waals surface area contributed by atoms with E-state index in [9.17, 15) is 18.0 Å². The lowest BCUT2D eigenvalue weighted by Gasteiger charge is -2.14. The van der Waals surface area contributed by atoms with Crippen molar-refractivity contribution < 1.29 is 22.4 Å². The maximum absolute atomic E-state index is 12.6. The van der Waals surface area contributed by atoms with Crippen molar-refractivity contribution in [2.45, 2.75) is 19.4 Å². The van der Waals surface area contributed by atoms with Crippen molar-refractivity contribution in [3.8, 4) is 0 Å². The van der Waals surface area contributed by atoms with Gasteiger partial charge >= 0.3 is 0 Å². The molecule has 1 atom stereocenters. The van der Waals surface area contributed by atoms with Crippen LogP contribution in [0.4, 0.5) is 0 Å². The summed E-state index contributed by atoms with van der Waals surface area (Å²) < 4.78 is 28.4. The molecule has 142 valence electrons. The van der Waals surface area contributed by atoms with E-state index in [-0.39, 0.29) is 17.2 Å². The van der Waals surface area contributed by atoms with E-state index >= 15 is 0 Å². The van der Waals surface area contributed by atoms with Crippen LogP contribution in [-0.4, -0.2) is 37.8 Å². The third kappa shape index (κ3) is 5.07. The van der Waals surface area contributed by atoms with E-state index in [1.807, 2.05) is 6.92 Å². The fraction of sp³-hybridized carbons (Fsp3) is 0.263. The van der Waals surface area contributed by atoms with Crippen molar-refractivity contribution in [2.24, 2.45) is 0 Å². The van der Waals surface area contributed by atoms with Crippen LogP contribution >= 0.6 is 0 Å². The zero-order chi connectivity index (χ0) is 19.4. The van der Waals surface area contributed by atoms with Gasteiger partial charge in [0.1, 0.15) is 11.5 Å². The molecule has 8 heteroatoms. The van der Waals surface area contributed by atoms with E-state index in [0.717, 1.165) is 5.56 Å². The van der Waals surface area contributed by atoms with Crippen LogP contribution in [-0.2, 0) is 14.6 Å². The number of sulfone groups is 1. The monoisotopic (exact) mass is 388 g/mol. The van der Waals surface area contributed by atoms with Gasteiger partial charge in [-0.05, 0) is 37.6 Å². The number of benzene rings is 1. The van der Waals surface area contributed by atoms with Gasteiger partial charge in [-0.1, -0.05) is 17.7 Å². The van der Waals surface area contributed by atoms with Gasteiger partial charge in [-0.25, -0.2) is 8.42 Å². The van der Waals surface area contributed by atoms with Gasteiger partial charge in [0.2, 0.25) is 0 Å². The Labute approximate surface area is 157 Å². The summed E-state index contributed by atoms with van der Waals surface area (Å²) in [7, 11) is -3.13. The second-order valence-corrected chi connectivity index (χ2v) is 8.70. The predicted molar refractivity (Wildman–Crippen MR) is 101 cm³/mol. The van der Waals surface area contributed by atoms with Crippen molar-refractivity contribution in [1.29, 1.82) is 0 Å². The number of furan rings is 1. The van der Waals surface area contributed by atoms with Gasteiger partial charge in [-0.3, -0.25) is 9.59 Å². The van der Waals surface area contributed by atoms with Gasteiger partial charge in [-0.15, -0.1) is 0 Å². The zero-order valence-electron chi connectivity index (χ0n) is 14.8. The third-order valence-corrected chi connectivity index (χ3v) is 5.97. The summed E-state index contributed by atoms with van der Waals surface area (Å²) in [6, 6.07) is 9.76. The van der Waals surface area contributed by atoms with Crippen molar-refractivity contribution in [3.05, 3.63) is 65.2 Å². The smallest absolute Gasteiger partial charge is 0.268 e. The first-order chi connectivity index (χ1) is 12.8. The minimum absolute atomic E-state index is 0.0141.